The van der Waals surface area contributed by atoms with E-state index in [1.54, 1.807) is 19.2 Å². The number of benzene rings is 1. The van der Waals surface area contributed by atoms with E-state index in [0.29, 0.717) is 22.7 Å². The fourth-order valence-electron chi connectivity index (χ4n) is 3.02. The molecule has 1 aromatic heterocycles. The van der Waals surface area contributed by atoms with Crippen molar-refractivity contribution in [1.29, 1.82) is 5.41 Å². The zero-order chi connectivity index (χ0) is 18.7. The van der Waals surface area contributed by atoms with Gasteiger partial charge in [0.25, 0.3) is 0 Å². The van der Waals surface area contributed by atoms with E-state index < -0.39 is 0 Å². The molecule has 1 fully saturated rings. The molecule has 0 radical (unpaired) electrons. The average Bonchev–Trinajstić information content (AvgIpc) is 3.12. The summed E-state index contributed by atoms with van der Waals surface area (Å²) in [7, 11) is 1.73. The molecule has 7 nitrogen and oxygen atoms in total. The van der Waals surface area contributed by atoms with E-state index in [1.807, 2.05) is 26.0 Å². The van der Waals surface area contributed by atoms with Gasteiger partial charge >= 0.3 is 0 Å². The fourth-order valence-corrected chi connectivity index (χ4v) is 3.02. The summed E-state index contributed by atoms with van der Waals surface area (Å²) in [4.78, 5) is 10.8. The summed E-state index contributed by atoms with van der Waals surface area (Å²) in [6, 6.07) is 7.19. The van der Waals surface area contributed by atoms with Gasteiger partial charge < -0.3 is 20.1 Å². The topological polar surface area (TPSA) is 97.3 Å². The third kappa shape index (κ3) is 3.94. The maximum absolute atomic E-state index is 8.56. The Kier molecular flexibility index (Phi) is 5.37. The van der Waals surface area contributed by atoms with Gasteiger partial charge in [-0.25, -0.2) is 9.97 Å². The molecular weight excluding hydrogens is 330 g/mol. The van der Waals surface area contributed by atoms with Gasteiger partial charge in [-0.3, -0.25) is 5.41 Å². The molecular formula is C19H27N5O2. The van der Waals surface area contributed by atoms with Gasteiger partial charge in [0, 0.05) is 38.9 Å². The molecule has 3 rings (SSSR count). The maximum Gasteiger partial charge on any atom is 0.132 e. The number of nitrogen functional groups attached to an aromatic ring is 1. The molecule has 0 aliphatic carbocycles. The highest BCUT2D eigenvalue weighted by molar-refractivity contribution is 6.13. The maximum atomic E-state index is 8.56. The van der Waals surface area contributed by atoms with Crippen molar-refractivity contribution in [3.63, 3.8) is 0 Å². The van der Waals surface area contributed by atoms with Crippen molar-refractivity contribution in [3.8, 4) is 5.75 Å². The fraction of sp³-hybridized carbons (Fsp3) is 0.421. The Bertz CT molecular complexity index is 799. The molecule has 1 aromatic carbocycles. The molecule has 1 saturated heterocycles. The molecule has 2 aromatic rings. The van der Waals surface area contributed by atoms with Crippen LogP contribution in [0.25, 0.3) is 0 Å². The first-order chi connectivity index (χ1) is 12.5. The smallest absolute Gasteiger partial charge is 0.132 e. The largest absolute Gasteiger partial charge is 0.491 e. The zero-order valence-corrected chi connectivity index (χ0v) is 15.4. The van der Waals surface area contributed by atoms with Crippen molar-refractivity contribution in [2.45, 2.75) is 32.5 Å². The minimum atomic E-state index is 0. The first-order valence-corrected chi connectivity index (χ1v) is 8.73. The van der Waals surface area contributed by atoms with Gasteiger partial charge in [-0.15, -0.1) is 0 Å². The van der Waals surface area contributed by atoms with Crippen LogP contribution in [-0.2, 0) is 4.74 Å². The number of ether oxygens (including phenoxy) is 2. The lowest BCUT2D eigenvalue weighted by Gasteiger charge is -2.18. The number of nitrogens with two attached hydrogens (primary N) is 1. The van der Waals surface area contributed by atoms with Crippen LogP contribution in [0.15, 0.2) is 30.6 Å². The molecule has 1 aliphatic heterocycles. The normalized spacial score (nSPS) is 16.9. The van der Waals surface area contributed by atoms with Crippen LogP contribution in [0.2, 0.25) is 0 Å². The summed E-state index contributed by atoms with van der Waals surface area (Å²) >= 11 is 0. The van der Waals surface area contributed by atoms with Gasteiger partial charge in [-0.05, 0) is 38.5 Å². The van der Waals surface area contributed by atoms with Crippen LogP contribution in [-0.4, -0.2) is 48.1 Å². The second-order valence-electron chi connectivity index (χ2n) is 6.64. The molecule has 0 unspecified atom stereocenters. The summed E-state index contributed by atoms with van der Waals surface area (Å²) in [5.74, 6) is 1.48. The number of aromatic nitrogens is 2. The van der Waals surface area contributed by atoms with Crippen molar-refractivity contribution in [1.82, 2.24) is 9.97 Å². The Labute approximate surface area is 155 Å². The highest BCUT2D eigenvalue weighted by Gasteiger charge is 2.24. The lowest BCUT2D eigenvalue weighted by molar-refractivity contribution is 0.121. The number of methoxy groups -OCH3 is 1. The van der Waals surface area contributed by atoms with Crippen molar-refractivity contribution in [2.24, 2.45) is 0 Å². The summed E-state index contributed by atoms with van der Waals surface area (Å²) in [5.41, 5.74) is 7.99. The highest BCUT2D eigenvalue weighted by atomic mass is 16.5. The zero-order valence-electron chi connectivity index (χ0n) is 15.4. The highest BCUT2D eigenvalue weighted by Crippen LogP contribution is 2.25. The number of hydrogen-bond acceptors (Lipinski definition) is 7. The van der Waals surface area contributed by atoms with Gasteiger partial charge in [0.05, 0.1) is 23.6 Å². The number of nitrogens with one attached hydrogen (secondary N) is 1. The van der Waals surface area contributed by atoms with E-state index in [1.165, 1.54) is 6.33 Å². The Morgan fingerprint density at radius 2 is 2.15 bits per heavy atom. The molecule has 0 saturated carbocycles. The molecule has 3 N–H and O–H groups in total. The van der Waals surface area contributed by atoms with Gasteiger partial charge in [0.15, 0.2) is 0 Å². The number of rotatable bonds is 6. The molecule has 140 valence electrons. The Balaban J connectivity index is 0.00000261. The molecule has 26 heavy (non-hydrogen) atoms. The average molecular weight is 357 g/mol. The van der Waals surface area contributed by atoms with Gasteiger partial charge in [0.1, 0.15) is 17.9 Å². The van der Waals surface area contributed by atoms with E-state index in [-0.39, 0.29) is 19.3 Å². The molecule has 1 atom stereocenters. The molecule has 1 aliphatic rings. The first kappa shape index (κ1) is 18.1. The lowest BCUT2D eigenvalue weighted by Crippen LogP contribution is -2.23. The summed E-state index contributed by atoms with van der Waals surface area (Å²) in [6.07, 6.45) is 2.72. The summed E-state index contributed by atoms with van der Waals surface area (Å²) in [5, 5.41) is 8.56. The van der Waals surface area contributed by atoms with E-state index in [4.69, 9.17) is 20.6 Å². The van der Waals surface area contributed by atoms with Crippen LogP contribution in [0.5, 0.6) is 5.75 Å². The third-order valence-corrected chi connectivity index (χ3v) is 4.38. The van der Waals surface area contributed by atoms with Crippen molar-refractivity contribution >= 4 is 17.2 Å². The molecule has 0 spiro atoms. The second-order valence-corrected chi connectivity index (χ2v) is 6.64. The predicted octanol–water partition coefficient (Wildman–Crippen LogP) is 2.73. The van der Waals surface area contributed by atoms with Crippen LogP contribution in [0.3, 0.4) is 0 Å². The summed E-state index contributed by atoms with van der Waals surface area (Å²) in [6.45, 7) is 5.59. The minimum absolute atomic E-state index is 0. The van der Waals surface area contributed by atoms with Crippen molar-refractivity contribution in [3.05, 3.63) is 41.9 Å². The third-order valence-electron chi connectivity index (χ3n) is 4.38. The Morgan fingerprint density at radius 1 is 1.35 bits per heavy atom. The van der Waals surface area contributed by atoms with Crippen molar-refractivity contribution < 1.29 is 10.9 Å². The van der Waals surface area contributed by atoms with Gasteiger partial charge in [-0.2, -0.15) is 0 Å². The van der Waals surface area contributed by atoms with E-state index in [9.17, 15) is 0 Å². The van der Waals surface area contributed by atoms with Crippen LogP contribution >= 0.6 is 0 Å². The van der Waals surface area contributed by atoms with E-state index >= 15 is 0 Å². The van der Waals surface area contributed by atoms with E-state index in [0.717, 1.165) is 25.3 Å². The Hall–Kier alpha value is -2.67. The molecule has 0 bridgehead atoms. The van der Waals surface area contributed by atoms with Crippen LogP contribution < -0.4 is 15.4 Å². The molecule has 7 heteroatoms. The minimum Gasteiger partial charge on any atom is -0.491 e. The number of nitrogens with zero attached hydrogens (tertiary/aromatic N) is 3. The molecule has 2 heterocycles. The van der Waals surface area contributed by atoms with Crippen LogP contribution in [0, 0.1) is 5.41 Å². The number of hydrogen-bond donors (Lipinski definition) is 2. The predicted molar refractivity (Wildman–Crippen MR) is 104 cm³/mol. The monoisotopic (exact) mass is 357 g/mol. The van der Waals surface area contributed by atoms with Crippen LogP contribution in [0.4, 0.5) is 11.5 Å². The SMILES string of the molecule is CO[C@H]1CCN(c2cc(C(=N)c3cc(OC(C)C)ccc3N)ncn2)C1.[HH]. The van der Waals surface area contributed by atoms with Crippen LogP contribution in [0.1, 0.15) is 33.0 Å². The molecule has 0 amide bonds. The summed E-state index contributed by atoms with van der Waals surface area (Å²) < 4.78 is 11.1. The number of anilines is 2. The second kappa shape index (κ2) is 7.70. The Morgan fingerprint density at radius 3 is 2.85 bits per heavy atom. The van der Waals surface area contributed by atoms with Crippen molar-refractivity contribution in [2.75, 3.05) is 30.8 Å². The van der Waals surface area contributed by atoms with Gasteiger partial charge in [0.2, 0.25) is 0 Å². The quantitative estimate of drug-likeness (QED) is 0.609. The lowest BCUT2D eigenvalue weighted by atomic mass is 10.0. The first-order valence-electron chi connectivity index (χ1n) is 8.73. The standard InChI is InChI=1S/C19H25N5O2.H2/c1-12(2)26-13-4-5-16(20)15(8-13)19(21)17-9-18(23-11-22-17)24-7-6-14(10-24)25-3;/h4-5,8-9,11-12,14,21H,6-7,10,20H2,1-3H3;1H/t14-;/m0./s1. The van der Waals surface area contributed by atoms with E-state index in [2.05, 4.69) is 14.9 Å². The van der Waals surface area contributed by atoms with Gasteiger partial charge in [-0.1, -0.05) is 0 Å².